The van der Waals surface area contributed by atoms with Gasteiger partial charge in [-0.15, -0.1) is 0 Å². The zero-order chi connectivity index (χ0) is 14.8. The number of nitrogens with zero attached hydrogens (tertiary/aromatic N) is 2. The van der Waals surface area contributed by atoms with Gasteiger partial charge in [-0.3, -0.25) is 4.79 Å². The molecule has 1 saturated carbocycles. The molecule has 1 saturated heterocycles. The Hall–Kier alpha value is -1.58. The summed E-state index contributed by atoms with van der Waals surface area (Å²) in [6, 6.07) is 3.76. The summed E-state index contributed by atoms with van der Waals surface area (Å²) in [4.78, 5) is 19.2. The minimum absolute atomic E-state index is 0.168. The Morgan fingerprint density at radius 2 is 2.00 bits per heavy atom. The number of carbonyl (C=O) groups is 1. The number of rotatable bonds is 2. The highest BCUT2D eigenvalue weighted by Crippen LogP contribution is 2.36. The van der Waals surface area contributed by atoms with E-state index in [4.69, 9.17) is 0 Å². The van der Waals surface area contributed by atoms with E-state index in [9.17, 15) is 4.79 Å². The molecule has 0 spiro atoms. The van der Waals surface area contributed by atoms with Crippen molar-refractivity contribution < 1.29 is 4.79 Å². The first-order chi connectivity index (χ1) is 10.2. The number of pyridine rings is 1. The van der Waals surface area contributed by atoms with Crippen molar-refractivity contribution in [3.05, 3.63) is 23.4 Å². The predicted octanol–water partition coefficient (Wildman–Crippen LogP) is 3.08. The van der Waals surface area contributed by atoms with Crippen molar-refractivity contribution >= 4 is 11.7 Å². The minimum atomic E-state index is 0.168. The summed E-state index contributed by atoms with van der Waals surface area (Å²) in [5.41, 5.74) is 1.65. The third kappa shape index (κ3) is 3.04. The summed E-state index contributed by atoms with van der Waals surface area (Å²) in [6.07, 6.45) is 6.56. The van der Waals surface area contributed by atoms with E-state index >= 15 is 0 Å². The molecule has 2 unspecified atom stereocenters. The van der Waals surface area contributed by atoms with Crippen molar-refractivity contribution in [1.29, 1.82) is 0 Å². The number of nitrogens with one attached hydrogen (secondary N) is 1. The van der Waals surface area contributed by atoms with Gasteiger partial charge in [0.05, 0.1) is 0 Å². The lowest BCUT2D eigenvalue weighted by atomic mass is 9.75. The predicted molar refractivity (Wildman–Crippen MR) is 84.5 cm³/mol. The quantitative estimate of drug-likeness (QED) is 0.909. The highest BCUT2D eigenvalue weighted by atomic mass is 16.2. The molecule has 3 rings (SSSR count). The third-order valence-electron chi connectivity index (χ3n) is 5.03. The van der Waals surface area contributed by atoms with E-state index < -0.39 is 0 Å². The van der Waals surface area contributed by atoms with E-state index in [1.54, 1.807) is 0 Å². The van der Waals surface area contributed by atoms with Gasteiger partial charge in [-0.05, 0) is 43.7 Å². The van der Waals surface area contributed by atoms with Crippen molar-refractivity contribution in [2.24, 2.45) is 11.8 Å². The van der Waals surface area contributed by atoms with Crippen LogP contribution in [0.5, 0.6) is 0 Å². The van der Waals surface area contributed by atoms with Gasteiger partial charge in [-0.2, -0.15) is 0 Å². The summed E-state index contributed by atoms with van der Waals surface area (Å²) in [6.45, 7) is 3.79. The zero-order valence-corrected chi connectivity index (χ0v) is 13.1. The van der Waals surface area contributed by atoms with Crippen LogP contribution in [0.15, 0.2) is 12.1 Å². The van der Waals surface area contributed by atoms with E-state index in [0.29, 0.717) is 0 Å². The lowest BCUT2D eigenvalue weighted by Crippen LogP contribution is -2.44. The number of carbonyl (C=O) groups excluding carboxylic acids is 1. The fourth-order valence-corrected chi connectivity index (χ4v) is 3.89. The van der Waals surface area contributed by atoms with Crippen LogP contribution in [0.4, 0.5) is 5.82 Å². The van der Waals surface area contributed by atoms with Gasteiger partial charge in [-0.1, -0.05) is 19.3 Å². The Balaban J connectivity index is 1.74. The van der Waals surface area contributed by atoms with Gasteiger partial charge >= 0.3 is 0 Å². The third-order valence-corrected chi connectivity index (χ3v) is 5.03. The first-order valence-electron chi connectivity index (χ1n) is 8.13. The molecule has 21 heavy (non-hydrogen) atoms. The van der Waals surface area contributed by atoms with Crippen LogP contribution in [-0.4, -0.2) is 35.9 Å². The molecule has 114 valence electrons. The summed E-state index contributed by atoms with van der Waals surface area (Å²) in [5, 5.41) is 3.03. The molecule has 1 aromatic rings. The number of piperidine rings is 1. The first-order valence-corrected chi connectivity index (χ1v) is 8.13. The van der Waals surface area contributed by atoms with Crippen molar-refractivity contribution in [3.63, 3.8) is 0 Å². The number of fused-ring (bicyclic) bond motifs is 1. The molecule has 1 amide bonds. The molecule has 2 fully saturated rings. The summed E-state index contributed by atoms with van der Waals surface area (Å²) < 4.78 is 0. The topological polar surface area (TPSA) is 45.2 Å². The summed E-state index contributed by atoms with van der Waals surface area (Å²) in [5.74, 6) is 2.52. The summed E-state index contributed by atoms with van der Waals surface area (Å²) in [7, 11) is 1.84. The fraction of sp³-hybridized carbons (Fsp3) is 0.647. The number of likely N-dealkylation sites (tertiary alicyclic amines) is 1. The van der Waals surface area contributed by atoms with E-state index in [1.165, 1.54) is 32.1 Å². The van der Waals surface area contributed by atoms with Crippen molar-refractivity contribution in [1.82, 2.24) is 9.88 Å². The molecule has 0 radical (unpaired) electrons. The van der Waals surface area contributed by atoms with Gasteiger partial charge in [0.15, 0.2) is 0 Å². The van der Waals surface area contributed by atoms with Crippen LogP contribution in [0.3, 0.4) is 0 Å². The van der Waals surface area contributed by atoms with E-state index in [2.05, 4.69) is 15.2 Å². The Kier molecular flexibility index (Phi) is 4.13. The minimum Gasteiger partial charge on any atom is -0.373 e. The maximum Gasteiger partial charge on any atom is 0.254 e. The molecule has 1 aliphatic carbocycles. The molecule has 1 aliphatic heterocycles. The maximum atomic E-state index is 12.8. The molecule has 4 nitrogen and oxygen atoms in total. The van der Waals surface area contributed by atoms with Crippen LogP contribution >= 0.6 is 0 Å². The Morgan fingerprint density at radius 3 is 2.76 bits per heavy atom. The van der Waals surface area contributed by atoms with Crippen LogP contribution in [0.25, 0.3) is 0 Å². The second kappa shape index (κ2) is 6.04. The largest absolute Gasteiger partial charge is 0.373 e. The van der Waals surface area contributed by atoms with Gasteiger partial charge in [-0.25, -0.2) is 4.98 Å². The van der Waals surface area contributed by atoms with Crippen LogP contribution < -0.4 is 5.32 Å². The molecule has 0 bridgehead atoms. The molecule has 2 heterocycles. The van der Waals surface area contributed by atoms with E-state index in [-0.39, 0.29) is 5.91 Å². The second-order valence-electron chi connectivity index (χ2n) is 6.48. The molecule has 1 N–H and O–H groups in total. The number of anilines is 1. The highest BCUT2D eigenvalue weighted by Gasteiger charge is 2.33. The molecule has 0 aromatic carbocycles. The molecule has 1 aromatic heterocycles. The smallest absolute Gasteiger partial charge is 0.254 e. The average Bonchev–Trinajstić information content (AvgIpc) is 2.53. The standard InChI is InChI=1S/C17H25N3O/c1-12-9-15(10-16(18-2)19-12)17(21)20-8-7-13-5-3-4-6-14(13)11-20/h9-10,13-14H,3-8,11H2,1-2H3,(H,18,19). The molecule has 2 atom stereocenters. The van der Waals surface area contributed by atoms with Crippen LogP contribution in [0.1, 0.15) is 48.2 Å². The molecule has 2 aliphatic rings. The van der Waals surface area contributed by atoms with Crippen molar-refractivity contribution in [3.8, 4) is 0 Å². The molecular weight excluding hydrogens is 262 g/mol. The highest BCUT2D eigenvalue weighted by molar-refractivity contribution is 5.95. The van der Waals surface area contributed by atoms with E-state index in [1.807, 2.05) is 26.1 Å². The lowest BCUT2D eigenvalue weighted by molar-refractivity contribution is 0.0521. The lowest BCUT2D eigenvalue weighted by Gasteiger charge is -2.41. The van der Waals surface area contributed by atoms with Crippen molar-refractivity contribution in [2.45, 2.75) is 39.0 Å². The molecule has 4 heteroatoms. The van der Waals surface area contributed by atoms with Crippen LogP contribution in [0, 0.1) is 18.8 Å². The van der Waals surface area contributed by atoms with Gasteiger partial charge in [0, 0.05) is 31.4 Å². The second-order valence-corrected chi connectivity index (χ2v) is 6.48. The fourth-order valence-electron chi connectivity index (χ4n) is 3.89. The molecular formula is C17H25N3O. The number of aromatic nitrogens is 1. The van der Waals surface area contributed by atoms with Crippen LogP contribution in [0.2, 0.25) is 0 Å². The van der Waals surface area contributed by atoms with Gasteiger partial charge in [0.25, 0.3) is 5.91 Å². The number of aryl methyl sites for hydroxylation is 1. The van der Waals surface area contributed by atoms with Gasteiger partial charge in [0.1, 0.15) is 5.82 Å². The normalized spacial score (nSPS) is 25.3. The number of hydrogen-bond donors (Lipinski definition) is 1. The zero-order valence-electron chi connectivity index (χ0n) is 13.1. The summed E-state index contributed by atoms with van der Waals surface area (Å²) >= 11 is 0. The van der Waals surface area contributed by atoms with Crippen LogP contribution in [-0.2, 0) is 0 Å². The van der Waals surface area contributed by atoms with E-state index in [0.717, 1.165) is 42.0 Å². The number of amides is 1. The Morgan fingerprint density at radius 1 is 1.24 bits per heavy atom. The monoisotopic (exact) mass is 287 g/mol. The number of hydrogen-bond acceptors (Lipinski definition) is 3. The Labute approximate surface area is 126 Å². The average molecular weight is 287 g/mol. The first kappa shape index (κ1) is 14.4. The Bertz CT molecular complexity index is 529. The van der Waals surface area contributed by atoms with Crippen molar-refractivity contribution in [2.75, 3.05) is 25.5 Å². The van der Waals surface area contributed by atoms with Gasteiger partial charge < -0.3 is 10.2 Å². The maximum absolute atomic E-state index is 12.8. The SMILES string of the molecule is CNc1cc(C(=O)N2CCC3CCCCC3C2)cc(C)n1. The van der Waals surface area contributed by atoms with Gasteiger partial charge in [0.2, 0.25) is 0 Å².